The number of halogens is 2. The standard InChI is InChI=1S/C8H11BrClN3/c1-11-2-3-12-8-7(9)4-6(10)5-13-8/h4-5,11H,2-3H2,1H3,(H,12,13). The molecule has 5 heteroatoms. The molecule has 0 radical (unpaired) electrons. The molecule has 3 nitrogen and oxygen atoms in total. The number of nitrogens with zero attached hydrogens (tertiary/aromatic N) is 1. The largest absolute Gasteiger partial charge is 0.368 e. The summed E-state index contributed by atoms with van der Waals surface area (Å²) in [6.07, 6.45) is 1.62. The minimum atomic E-state index is 0.631. The summed E-state index contributed by atoms with van der Waals surface area (Å²) in [6, 6.07) is 1.82. The van der Waals surface area contributed by atoms with Gasteiger partial charge in [0.2, 0.25) is 0 Å². The van der Waals surface area contributed by atoms with Gasteiger partial charge in [0.05, 0.1) is 9.50 Å². The molecule has 0 amide bonds. The van der Waals surface area contributed by atoms with Crippen LogP contribution in [-0.4, -0.2) is 25.1 Å². The van der Waals surface area contributed by atoms with Crippen molar-refractivity contribution in [3.8, 4) is 0 Å². The van der Waals surface area contributed by atoms with Gasteiger partial charge in [0.15, 0.2) is 0 Å². The molecular weight excluding hydrogens is 253 g/mol. The maximum Gasteiger partial charge on any atom is 0.140 e. The number of rotatable bonds is 4. The van der Waals surface area contributed by atoms with Gasteiger partial charge in [-0.1, -0.05) is 11.6 Å². The lowest BCUT2D eigenvalue weighted by molar-refractivity contribution is 0.821. The summed E-state index contributed by atoms with van der Waals surface area (Å²) in [6.45, 7) is 1.74. The predicted octanol–water partition coefficient (Wildman–Crippen LogP) is 2.13. The maximum absolute atomic E-state index is 5.75. The molecule has 1 aromatic rings. The first-order chi connectivity index (χ1) is 6.24. The smallest absolute Gasteiger partial charge is 0.140 e. The molecule has 72 valence electrons. The van der Waals surface area contributed by atoms with Crippen molar-refractivity contribution in [3.63, 3.8) is 0 Å². The zero-order valence-electron chi connectivity index (χ0n) is 7.27. The third-order valence-corrected chi connectivity index (χ3v) is 2.29. The average Bonchev–Trinajstić information content (AvgIpc) is 2.09. The van der Waals surface area contributed by atoms with Crippen molar-refractivity contribution in [1.29, 1.82) is 0 Å². The molecule has 0 fully saturated rings. The number of hydrogen-bond acceptors (Lipinski definition) is 3. The first-order valence-electron chi connectivity index (χ1n) is 3.93. The molecule has 1 aromatic heterocycles. The van der Waals surface area contributed by atoms with E-state index in [-0.39, 0.29) is 0 Å². The molecule has 0 atom stereocenters. The molecule has 1 heterocycles. The highest BCUT2D eigenvalue weighted by molar-refractivity contribution is 9.10. The van der Waals surface area contributed by atoms with E-state index in [4.69, 9.17) is 11.6 Å². The van der Waals surface area contributed by atoms with Gasteiger partial charge in [-0.3, -0.25) is 0 Å². The van der Waals surface area contributed by atoms with E-state index in [0.717, 1.165) is 23.4 Å². The summed E-state index contributed by atoms with van der Waals surface area (Å²) in [5.41, 5.74) is 0. The van der Waals surface area contributed by atoms with E-state index in [2.05, 4.69) is 31.5 Å². The van der Waals surface area contributed by atoms with E-state index in [9.17, 15) is 0 Å². The van der Waals surface area contributed by atoms with Crippen molar-refractivity contribution in [2.24, 2.45) is 0 Å². The summed E-state index contributed by atoms with van der Waals surface area (Å²) in [7, 11) is 1.91. The molecular formula is C8H11BrClN3. The van der Waals surface area contributed by atoms with Crippen LogP contribution >= 0.6 is 27.5 Å². The summed E-state index contributed by atoms with van der Waals surface area (Å²) in [5.74, 6) is 0.819. The van der Waals surface area contributed by atoms with Crippen LogP contribution in [0.2, 0.25) is 5.02 Å². The Bertz CT molecular complexity index is 280. The first-order valence-corrected chi connectivity index (χ1v) is 5.10. The number of pyridine rings is 1. The maximum atomic E-state index is 5.75. The molecule has 1 rings (SSSR count). The number of nitrogens with one attached hydrogen (secondary N) is 2. The van der Waals surface area contributed by atoms with Crippen LogP contribution in [0.1, 0.15) is 0 Å². The molecule has 0 aliphatic carbocycles. The van der Waals surface area contributed by atoms with E-state index >= 15 is 0 Å². The summed E-state index contributed by atoms with van der Waals surface area (Å²) >= 11 is 9.11. The number of likely N-dealkylation sites (N-methyl/N-ethyl adjacent to an activating group) is 1. The third-order valence-electron chi connectivity index (χ3n) is 1.48. The monoisotopic (exact) mass is 263 g/mol. The Kier molecular flexibility index (Phi) is 4.48. The third kappa shape index (κ3) is 3.50. The lowest BCUT2D eigenvalue weighted by Crippen LogP contribution is -2.18. The molecule has 0 spiro atoms. The van der Waals surface area contributed by atoms with Gasteiger partial charge in [-0.15, -0.1) is 0 Å². The molecule has 0 aliphatic rings. The zero-order valence-corrected chi connectivity index (χ0v) is 9.61. The second kappa shape index (κ2) is 5.42. The van der Waals surface area contributed by atoms with Gasteiger partial charge in [-0.05, 0) is 29.0 Å². The van der Waals surface area contributed by atoms with Crippen LogP contribution in [0, 0.1) is 0 Å². The second-order valence-electron chi connectivity index (χ2n) is 2.51. The fourth-order valence-electron chi connectivity index (χ4n) is 0.851. The molecule has 13 heavy (non-hydrogen) atoms. The minimum Gasteiger partial charge on any atom is -0.368 e. The fourth-order valence-corrected chi connectivity index (χ4v) is 1.63. The summed E-state index contributed by atoms with van der Waals surface area (Å²) in [5, 5.41) is 6.83. The molecule has 0 aromatic carbocycles. The van der Waals surface area contributed by atoms with Crippen molar-refractivity contribution >= 4 is 33.3 Å². The van der Waals surface area contributed by atoms with Gasteiger partial charge >= 0.3 is 0 Å². The van der Waals surface area contributed by atoms with Crippen molar-refractivity contribution < 1.29 is 0 Å². The molecule has 0 saturated carbocycles. The number of anilines is 1. The van der Waals surface area contributed by atoms with Crippen LogP contribution in [0.5, 0.6) is 0 Å². The van der Waals surface area contributed by atoms with E-state index in [0.29, 0.717) is 5.02 Å². The van der Waals surface area contributed by atoms with Crippen LogP contribution in [0.15, 0.2) is 16.7 Å². The van der Waals surface area contributed by atoms with Crippen molar-refractivity contribution in [1.82, 2.24) is 10.3 Å². The Labute approximate surface area is 91.0 Å². The van der Waals surface area contributed by atoms with E-state index in [1.54, 1.807) is 6.20 Å². The topological polar surface area (TPSA) is 37.0 Å². The van der Waals surface area contributed by atoms with Crippen LogP contribution in [0.3, 0.4) is 0 Å². The highest BCUT2D eigenvalue weighted by Crippen LogP contribution is 2.22. The van der Waals surface area contributed by atoms with Gasteiger partial charge < -0.3 is 10.6 Å². The predicted molar refractivity (Wildman–Crippen MR) is 59.4 cm³/mol. The average molecular weight is 265 g/mol. The Balaban J connectivity index is 2.56. The summed E-state index contributed by atoms with van der Waals surface area (Å²) < 4.78 is 0.885. The highest BCUT2D eigenvalue weighted by atomic mass is 79.9. The van der Waals surface area contributed by atoms with Crippen molar-refractivity contribution in [3.05, 3.63) is 21.8 Å². The fraction of sp³-hybridized carbons (Fsp3) is 0.375. The van der Waals surface area contributed by atoms with Crippen molar-refractivity contribution in [2.45, 2.75) is 0 Å². The minimum absolute atomic E-state index is 0.631. The van der Waals surface area contributed by atoms with Crippen LogP contribution in [0.25, 0.3) is 0 Å². The quantitative estimate of drug-likeness (QED) is 0.818. The van der Waals surface area contributed by atoms with E-state index in [1.807, 2.05) is 13.1 Å². The molecule has 0 bridgehead atoms. The van der Waals surface area contributed by atoms with Crippen LogP contribution in [0.4, 0.5) is 5.82 Å². The van der Waals surface area contributed by atoms with Gasteiger partial charge in [0, 0.05) is 19.3 Å². The number of aromatic nitrogens is 1. The molecule has 2 N–H and O–H groups in total. The Morgan fingerprint density at radius 2 is 2.31 bits per heavy atom. The molecule has 0 saturated heterocycles. The van der Waals surface area contributed by atoms with Gasteiger partial charge in [-0.25, -0.2) is 4.98 Å². The molecule has 0 aliphatic heterocycles. The highest BCUT2D eigenvalue weighted by Gasteiger charge is 2.00. The van der Waals surface area contributed by atoms with Gasteiger partial charge in [0.1, 0.15) is 5.82 Å². The Morgan fingerprint density at radius 3 is 2.92 bits per heavy atom. The lowest BCUT2D eigenvalue weighted by atomic mass is 10.4. The number of hydrogen-bond donors (Lipinski definition) is 2. The van der Waals surface area contributed by atoms with Crippen molar-refractivity contribution in [2.75, 3.05) is 25.5 Å². The Morgan fingerprint density at radius 1 is 1.54 bits per heavy atom. The van der Waals surface area contributed by atoms with Gasteiger partial charge in [-0.2, -0.15) is 0 Å². The van der Waals surface area contributed by atoms with Crippen LogP contribution in [-0.2, 0) is 0 Å². The zero-order chi connectivity index (χ0) is 9.68. The first kappa shape index (κ1) is 10.8. The second-order valence-corrected chi connectivity index (χ2v) is 3.81. The lowest BCUT2D eigenvalue weighted by Gasteiger charge is -2.06. The van der Waals surface area contributed by atoms with Crippen LogP contribution < -0.4 is 10.6 Å². The SMILES string of the molecule is CNCCNc1ncc(Cl)cc1Br. The normalized spacial score (nSPS) is 10.1. The van der Waals surface area contributed by atoms with E-state index in [1.165, 1.54) is 0 Å². The summed E-state index contributed by atoms with van der Waals surface area (Å²) in [4.78, 5) is 4.13. The molecule has 0 unspecified atom stereocenters. The van der Waals surface area contributed by atoms with E-state index < -0.39 is 0 Å². The Hall–Kier alpha value is -0.320. The van der Waals surface area contributed by atoms with Gasteiger partial charge in [0.25, 0.3) is 0 Å².